The molecule has 10 nitrogen and oxygen atoms in total. The van der Waals surface area contributed by atoms with Gasteiger partial charge in [0.1, 0.15) is 11.5 Å². The van der Waals surface area contributed by atoms with Crippen molar-refractivity contribution in [2.24, 2.45) is 5.73 Å². The minimum Gasteiger partial charge on any atom is -0.457 e. The van der Waals surface area contributed by atoms with Crippen molar-refractivity contribution in [3.63, 3.8) is 0 Å². The first-order valence-electron chi connectivity index (χ1n) is 14.1. The first-order chi connectivity index (χ1) is 20.1. The Morgan fingerprint density at radius 3 is 1.83 bits per heavy atom. The van der Waals surface area contributed by atoms with Crippen LogP contribution < -0.4 is 20.3 Å². The number of carbonyl (C=O) groups is 2. The van der Waals surface area contributed by atoms with Gasteiger partial charge in [0.15, 0.2) is 5.41 Å². The summed E-state index contributed by atoms with van der Waals surface area (Å²) in [6.45, 7) is 3.58. The SMILES string of the molecule is CN(C)C1CN(c2ccc3c(c2)Oc2cc(N4CC(N(C)C)C4)ccc2C32C(=[N+]=[N-])C(=O)c3ccc(C(N)=O)cc32)C1. The van der Waals surface area contributed by atoms with E-state index in [4.69, 9.17) is 10.5 Å². The Labute approximate surface area is 244 Å². The molecular weight excluding hydrogens is 530 g/mol. The first-order valence-corrected chi connectivity index (χ1v) is 14.1. The van der Waals surface area contributed by atoms with Crippen molar-refractivity contribution in [3.05, 3.63) is 87.9 Å². The van der Waals surface area contributed by atoms with E-state index in [1.807, 2.05) is 36.4 Å². The number of rotatable bonds is 5. The molecule has 2 N–H and O–H groups in total. The van der Waals surface area contributed by atoms with E-state index in [0.29, 0.717) is 45.8 Å². The zero-order chi connectivity index (χ0) is 29.5. The molecule has 0 bridgehead atoms. The summed E-state index contributed by atoms with van der Waals surface area (Å²) in [7, 11) is 8.33. The third-order valence-corrected chi connectivity index (χ3v) is 9.50. The topological polar surface area (TPSA) is 119 Å². The van der Waals surface area contributed by atoms with E-state index in [1.54, 1.807) is 12.1 Å². The maximum atomic E-state index is 13.8. The molecule has 4 aliphatic rings. The Bertz CT molecular complexity index is 1640. The van der Waals surface area contributed by atoms with Crippen LogP contribution >= 0.6 is 0 Å². The number of amides is 1. The monoisotopic (exact) mass is 563 g/mol. The summed E-state index contributed by atoms with van der Waals surface area (Å²) in [5, 5.41) is 0. The molecule has 2 saturated heterocycles. The lowest BCUT2D eigenvalue weighted by Gasteiger charge is -2.45. The largest absolute Gasteiger partial charge is 0.457 e. The van der Waals surface area contributed by atoms with E-state index >= 15 is 0 Å². The Morgan fingerprint density at radius 2 is 1.38 bits per heavy atom. The molecule has 1 aliphatic carbocycles. The van der Waals surface area contributed by atoms with Crippen molar-refractivity contribution in [1.82, 2.24) is 9.80 Å². The van der Waals surface area contributed by atoms with Crippen molar-refractivity contribution in [1.29, 1.82) is 0 Å². The van der Waals surface area contributed by atoms with Crippen LogP contribution in [0.3, 0.4) is 0 Å². The van der Waals surface area contributed by atoms with Gasteiger partial charge in [-0.3, -0.25) is 9.59 Å². The lowest BCUT2D eigenvalue weighted by Crippen LogP contribution is -2.57. The third-order valence-electron chi connectivity index (χ3n) is 9.50. The fourth-order valence-corrected chi connectivity index (χ4v) is 6.75. The Balaban J connectivity index is 1.42. The number of carbonyl (C=O) groups excluding carboxylic acids is 2. The van der Waals surface area contributed by atoms with E-state index in [2.05, 4.69) is 52.6 Å². The molecule has 0 saturated carbocycles. The van der Waals surface area contributed by atoms with E-state index in [9.17, 15) is 15.1 Å². The molecule has 1 spiro atoms. The molecule has 214 valence electrons. The average molecular weight is 564 g/mol. The molecular formula is C32H33N7O3. The van der Waals surface area contributed by atoms with Gasteiger partial charge in [-0.05, 0) is 64.1 Å². The molecule has 3 aromatic rings. The molecule has 7 rings (SSSR count). The predicted octanol–water partition coefficient (Wildman–Crippen LogP) is 2.59. The third kappa shape index (κ3) is 3.59. The van der Waals surface area contributed by atoms with Gasteiger partial charge >= 0.3 is 5.71 Å². The number of Topliss-reactive ketones (excluding diaryl/α,β-unsaturated/α-hetero) is 1. The predicted molar refractivity (Wildman–Crippen MR) is 160 cm³/mol. The number of nitrogens with two attached hydrogens (primary N) is 1. The molecule has 0 unspecified atom stereocenters. The summed E-state index contributed by atoms with van der Waals surface area (Å²) in [6.07, 6.45) is 0. The highest BCUT2D eigenvalue weighted by Crippen LogP contribution is 2.57. The average Bonchev–Trinajstić information content (AvgIpc) is 3.14. The molecule has 10 heteroatoms. The van der Waals surface area contributed by atoms with Crippen molar-refractivity contribution >= 4 is 28.8 Å². The number of anilines is 2. The van der Waals surface area contributed by atoms with Gasteiger partial charge in [0, 0.05) is 84.0 Å². The normalized spacial score (nSPS) is 18.8. The van der Waals surface area contributed by atoms with Crippen molar-refractivity contribution in [2.75, 3.05) is 64.2 Å². The minimum atomic E-state index is -1.28. The Hall–Kier alpha value is -4.50. The molecule has 0 aromatic heterocycles. The Morgan fingerprint density at radius 1 is 0.857 bits per heavy atom. The summed E-state index contributed by atoms with van der Waals surface area (Å²) in [4.78, 5) is 38.7. The van der Waals surface area contributed by atoms with Gasteiger partial charge in [-0.15, -0.1) is 0 Å². The number of primary amides is 1. The van der Waals surface area contributed by atoms with Crippen molar-refractivity contribution < 1.29 is 19.1 Å². The first kappa shape index (κ1) is 26.4. The van der Waals surface area contributed by atoms with Crippen molar-refractivity contribution in [3.8, 4) is 11.5 Å². The molecule has 0 radical (unpaired) electrons. The summed E-state index contributed by atoms with van der Waals surface area (Å²) < 4.78 is 6.64. The fourth-order valence-electron chi connectivity index (χ4n) is 6.75. The van der Waals surface area contributed by atoms with Crippen molar-refractivity contribution in [2.45, 2.75) is 17.5 Å². The number of fused-ring (bicyclic) bond motifs is 6. The molecule has 3 heterocycles. The van der Waals surface area contributed by atoms with Gasteiger partial charge in [0.05, 0.1) is 0 Å². The number of hydrogen-bond donors (Lipinski definition) is 1. The molecule has 3 aromatic carbocycles. The highest BCUT2D eigenvalue weighted by molar-refractivity contribution is 6.52. The zero-order valence-electron chi connectivity index (χ0n) is 24.2. The summed E-state index contributed by atoms with van der Waals surface area (Å²) in [6, 6.07) is 17.7. The van der Waals surface area contributed by atoms with E-state index in [-0.39, 0.29) is 11.3 Å². The maximum absolute atomic E-state index is 13.8. The second-order valence-corrected chi connectivity index (χ2v) is 12.2. The van der Waals surface area contributed by atoms with Crippen LogP contribution in [0.5, 0.6) is 11.5 Å². The van der Waals surface area contributed by atoms with Gasteiger partial charge in [-0.2, -0.15) is 4.79 Å². The van der Waals surface area contributed by atoms with Crippen LogP contribution in [-0.2, 0) is 5.41 Å². The number of hydrogen-bond acceptors (Lipinski definition) is 7. The molecule has 1 amide bonds. The zero-order valence-corrected chi connectivity index (χ0v) is 24.2. The van der Waals surface area contributed by atoms with E-state index in [0.717, 1.165) is 37.6 Å². The summed E-state index contributed by atoms with van der Waals surface area (Å²) in [5.74, 6) is 0.149. The van der Waals surface area contributed by atoms with Crippen LogP contribution in [0.25, 0.3) is 5.53 Å². The smallest absolute Gasteiger partial charge is 0.358 e. The lowest BCUT2D eigenvalue weighted by atomic mass is 9.67. The maximum Gasteiger partial charge on any atom is 0.358 e. The molecule has 2 fully saturated rings. The molecule has 3 aliphatic heterocycles. The van der Waals surface area contributed by atoms with Gasteiger partial charge in [-0.25, -0.2) is 0 Å². The number of benzene rings is 3. The van der Waals surface area contributed by atoms with Crippen LogP contribution in [0.4, 0.5) is 11.4 Å². The van der Waals surface area contributed by atoms with Crippen LogP contribution in [0.15, 0.2) is 54.6 Å². The number of nitrogens with zero attached hydrogens (tertiary/aromatic N) is 6. The van der Waals surface area contributed by atoms with Crippen LogP contribution in [0.1, 0.15) is 37.4 Å². The number of ether oxygens (including phenoxy) is 1. The quantitative estimate of drug-likeness (QED) is 0.374. The van der Waals surface area contributed by atoms with E-state index < -0.39 is 17.1 Å². The van der Waals surface area contributed by atoms with Gasteiger partial charge in [0.2, 0.25) is 5.91 Å². The highest BCUT2D eigenvalue weighted by Gasteiger charge is 2.62. The summed E-state index contributed by atoms with van der Waals surface area (Å²) >= 11 is 0. The standard InChI is InChI=1S/C32H33N7O3/c1-36(2)21-14-38(15-21)19-6-9-24-27(12-19)42-28-13-20(39-16-22(17-39)37(3)4)7-10-25(28)32(24)26-11-18(31(33)41)5-8-23(26)29(40)30(32)35-34/h5-13,21-22H,14-17H2,1-4H3,(H2,33,41). The Kier molecular flexibility index (Phi) is 5.82. The lowest BCUT2D eigenvalue weighted by molar-refractivity contribution is -0.0118. The van der Waals surface area contributed by atoms with Gasteiger partial charge in [-0.1, -0.05) is 12.1 Å². The minimum absolute atomic E-state index is 0.0290. The number of likely N-dealkylation sites (N-methyl/N-ethyl adjacent to an activating group) is 2. The fraction of sp³-hybridized carbons (Fsp3) is 0.344. The van der Waals surface area contributed by atoms with Gasteiger partial charge in [0.25, 0.3) is 5.78 Å². The number of ketones is 1. The molecule has 42 heavy (non-hydrogen) atoms. The highest BCUT2D eigenvalue weighted by atomic mass is 16.5. The second-order valence-electron chi connectivity index (χ2n) is 12.2. The molecule has 0 atom stereocenters. The second kappa shape index (κ2) is 9.25. The summed E-state index contributed by atoms with van der Waals surface area (Å²) in [5.41, 5.74) is 19.3. The van der Waals surface area contributed by atoms with Crippen LogP contribution in [0.2, 0.25) is 0 Å². The van der Waals surface area contributed by atoms with E-state index in [1.165, 1.54) is 6.07 Å². The van der Waals surface area contributed by atoms with Crippen LogP contribution in [0, 0.1) is 0 Å². The van der Waals surface area contributed by atoms with Crippen LogP contribution in [-0.4, -0.2) is 98.4 Å². The van der Waals surface area contributed by atoms with Gasteiger partial charge < -0.3 is 35.6 Å².